The SMILES string of the molecule is Cc1ccc(C(=O)N2CCN(C(=O)c3cc(C)n(C4CC4)c3C)CC2)cc1. The summed E-state index contributed by atoms with van der Waals surface area (Å²) in [4.78, 5) is 29.4. The van der Waals surface area contributed by atoms with E-state index in [0.29, 0.717) is 37.8 Å². The Kier molecular flexibility index (Phi) is 4.54. The molecule has 1 aromatic carbocycles. The maximum atomic E-state index is 13.0. The Hall–Kier alpha value is -2.56. The largest absolute Gasteiger partial charge is 0.345 e. The maximum absolute atomic E-state index is 13.0. The number of hydrogen-bond donors (Lipinski definition) is 0. The average molecular weight is 365 g/mol. The fourth-order valence-electron chi connectivity index (χ4n) is 4.05. The smallest absolute Gasteiger partial charge is 0.255 e. The summed E-state index contributed by atoms with van der Waals surface area (Å²) in [5, 5.41) is 0. The van der Waals surface area contributed by atoms with Crippen LogP contribution in [0.4, 0.5) is 0 Å². The number of hydrogen-bond acceptors (Lipinski definition) is 2. The summed E-state index contributed by atoms with van der Waals surface area (Å²) in [5.41, 5.74) is 4.93. The van der Waals surface area contributed by atoms with Gasteiger partial charge in [-0.15, -0.1) is 0 Å². The molecule has 1 saturated carbocycles. The van der Waals surface area contributed by atoms with Crippen molar-refractivity contribution >= 4 is 11.8 Å². The average Bonchev–Trinajstić information content (AvgIpc) is 3.46. The molecule has 1 aliphatic carbocycles. The van der Waals surface area contributed by atoms with Crippen LogP contribution in [-0.4, -0.2) is 52.4 Å². The first kappa shape index (κ1) is 17.8. The summed E-state index contributed by atoms with van der Waals surface area (Å²) < 4.78 is 2.31. The highest BCUT2D eigenvalue weighted by molar-refractivity contribution is 5.97. The number of benzene rings is 1. The molecule has 142 valence electrons. The third kappa shape index (κ3) is 3.38. The standard InChI is InChI=1S/C22H27N3O2/c1-15-4-6-18(7-5-15)21(26)23-10-12-24(13-11-23)22(27)20-14-16(2)25(17(20)3)19-8-9-19/h4-7,14,19H,8-13H2,1-3H3. The van der Waals surface area contributed by atoms with Gasteiger partial charge < -0.3 is 14.4 Å². The summed E-state index contributed by atoms with van der Waals surface area (Å²) in [6.45, 7) is 8.49. The van der Waals surface area contributed by atoms with E-state index >= 15 is 0 Å². The molecule has 5 nitrogen and oxygen atoms in total. The van der Waals surface area contributed by atoms with Gasteiger partial charge in [-0.3, -0.25) is 9.59 Å². The number of carbonyl (C=O) groups is 2. The Bertz CT molecular complexity index is 870. The second-order valence-corrected chi connectivity index (χ2v) is 7.84. The van der Waals surface area contributed by atoms with Gasteiger partial charge in [0.25, 0.3) is 11.8 Å². The van der Waals surface area contributed by atoms with Gasteiger partial charge in [0.1, 0.15) is 0 Å². The summed E-state index contributed by atoms with van der Waals surface area (Å²) >= 11 is 0. The van der Waals surface area contributed by atoms with Crippen molar-refractivity contribution in [2.75, 3.05) is 26.2 Å². The van der Waals surface area contributed by atoms with E-state index in [4.69, 9.17) is 0 Å². The Morgan fingerprint density at radius 2 is 1.41 bits per heavy atom. The number of aryl methyl sites for hydroxylation is 2. The van der Waals surface area contributed by atoms with Crippen LogP contribution in [0.1, 0.15) is 56.6 Å². The van der Waals surface area contributed by atoms with Gasteiger partial charge in [-0.25, -0.2) is 0 Å². The molecule has 1 aliphatic heterocycles. The minimum atomic E-state index is 0.0500. The highest BCUT2D eigenvalue weighted by Gasteiger charge is 2.31. The Labute approximate surface area is 160 Å². The van der Waals surface area contributed by atoms with Gasteiger partial charge in [-0.1, -0.05) is 17.7 Å². The zero-order chi connectivity index (χ0) is 19.1. The van der Waals surface area contributed by atoms with Crippen LogP contribution in [0, 0.1) is 20.8 Å². The molecule has 5 heteroatoms. The monoisotopic (exact) mass is 365 g/mol. The number of nitrogens with zero attached hydrogens (tertiary/aromatic N) is 3. The van der Waals surface area contributed by atoms with Gasteiger partial charge in [0.2, 0.25) is 0 Å². The molecule has 2 amide bonds. The molecule has 27 heavy (non-hydrogen) atoms. The first-order valence-corrected chi connectivity index (χ1v) is 9.79. The van der Waals surface area contributed by atoms with Crippen LogP contribution in [0.5, 0.6) is 0 Å². The molecule has 0 spiro atoms. The Morgan fingerprint density at radius 1 is 0.852 bits per heavy atom. The van der Waals surface area contributed by atoms with Gasteiger partial charge >= 0.3 is 0 Å². The predicted molar refractivity (Wildman–Crippen MR) is 105 cm³/mol. The maximum Gasteiger partial charge on any atom is 0.255 e. The minimum Gasteiger partial charge on any atom is -0.345 e. The van der Waals surface area contributed by atoms with Crippen LogP contribution in [0.25, 0.3) is 0 Å². The van der Waals surface area contributed by atoms with Crippen molar-refractivity contribution in [3.05, 3.63) is 58.4 Å². The van der Waals surface area contributed by atoms with E-state index in [1.165, 1.54) is 18.5 Å². The lowest BCUT2D eigenvalue weighted by molar-refractivity contribution is 0.0535. The van der Waals surface area contributed by atoms with E-state index < -0.39 is 0 Å². The van der Waals surface area contributed by atoms with Crippen LogP contribution in [0.2, 0.25) is 0 Å². The van der Waals surface area contributed by atoms with Gasteiger partial charge in [0, 0.05) is 49.2 Å². The van der Waals surface area contributed by atoms with Crippen molar-refractivity contribution in [3.63, 3.8) is 0 Å². The molecule has 1 saturated heterocycles. The molecular weight excluding hydrogens is 338 g/mol. The summed E-state index contributed by atoms with van der Waals surface area (Å²) in [6, 6.07) is 10.3. The molecule has 2 fully saturated rings. The summed E-state index contributed by atoms with van der Waals surface area (Å²) in [6.07, 6.45) is 2.42. The van der Waals surface area contributed by atoms with Crippen molar-refractivity contribution < 1.29 is 9.59 Å². The zero-order valence-corrected chi connectivity index (χ0v) is 16.4. The van der Waals surface area contributed by atoms with Gasteiger partial charge in [0.05, 0.1) is 5.56 Å². The molecule has 4 rings (SSSR count). The number of carbonyl (C=O) groups excluding carboxylic acids is 2. The third-order valence-electron chi connectivity index (χ3n) is 5.78. The number of aromatic nitrogens is 1. The number of rotatable bonds is 3. The van der Waals surface area contributed by atoms with E-state index in [0.717, 1.165) is 16.8 Å². The van der Waals surface area contributed by atoms with E-state index in [1.807, 2.05) is 47.1 Å². The highest BCUT2D eigenvalue weighted by atomic mass is 16.2. The molecule has 2 aliphatic rings. The normalized spacial score (nSPS) is 17.3. The Balaban J connectivity index is 1.42. The fraction of sp³-hybridized carbons (Fsp3) is 0.455. The predicted octanol–water partition coefficient (Wildman–Crippen LogP) is 3.35. The second kappa shape index (κ2) is 6.87. The van der Waals surface area contributed by atoms with E-state index in [-0.39, 0.29) is 11.8 Å². The summed E-state index contributed by atoms with van der Waals surface area (Å²) in [5.74, 6) is 0.145. The highest BCUT2D eigenvalue weighted by Crippen LogP contribution is 2.38. The third-order valence-corrected chi connectivity index (χ3v) is 5.78. The molecule has 1 aromatic heterocycles. The quantitative estimate of drug-likeness (QED) is 0.837. The molecule has 0 atom stereocenters. The molecular formula is C22H27N3O2. The topological polar surface area (TPSA) is 45.6 Å². The fourth-order valence-corrected chi connectivity index (χ4v) is 4.05. The first-order valence-electron chi connectivity index (χ1n) is 9.79. The van der Waals surface area contributed by atoms with Crippen LogP contribution in [0.3, 0.4) is 0 Å². The lowest BCUT2D eigenvalue weighted by Crippen LogP contribution is -2.50. The molecule has 2 aromatic rings. The molecule has 2 heterocycles. The van der Waals surface area contributed by atoms with E-state index in [1.54, 1.807) is 0 Å². The van der Waals surface area contributed by atoms with Crippen molar-refractivity contribution in [3.8, 4) is 0 Å². The van der Waals surface area contributed by atoms with Crippen molar-refractivity contribution in [2.45, 2.75) is 39.7 Å². The lowest BCUT2D eigenvalue weighted by atomic mass is 10.1. The van der Waals surface area contributed by atoms with Crippen LogP contribution >= 0.6 is 0 Å². The first-order chi connectivity index (χ1) is 13.0. The number of piperazine rings is 1. The van der Waals surface area contributed by atoms with E-state index in [9.17, 15) is 9.59 Å². The molecule has 0 radical (unpaired) electrons. The van der Waals surface area contributed by atoms with Crippen molar-refractivity contribution in [1.29, 1.82) is 0 Å². The molecule has 0 bridgehead atoms. The van der Waals surface area contributed by atoms with Crippen LogP contribution in [0.15, 0.2) is 30.3 Å². The Morgan fingerprint density at radius 3 is 1.96 bits per heavy atom. The van der Waals surface area contributed by atoms with Gasteiger partial charge in [-0.05, 0) is 51.8 Å². The van der Waals surface area contributed by atoms with Crippen molar-refractivity contribution in [2.24, 2.45) is 0 Å². The summed E-state index contributed by atoms with van der Waals surface area (Å²) in [7, 11) is 0. The second-order valence-electron chi connectivity index (χ2n) is 7.84. The van der Waals surface area contributed by atoms with Crippen molar-refractivity contribution in [1.82, 2.24) is 14.4 Å². The zero-order valence-electron chi connectivity index (χ0n) is 16.4. The lowest BCUT2D eigenvalue weighted by Gasteiger charge is -2.35. The van der Waals surface area contributed by atoms with Gasteiger partial charge in [-0.2, -0.15) is 0 Å². The van der Waals surface area contributed by atoms with Gasteiger partial charge in [0.15, 0.2) is 0 Å². The van der Waals surface area contributed by atoms with Crippen LogP contribution in [-0.2, 0) is 0 Å². The molecule has 0 unspecified atom stereocenters. The van der Waals surface area contributed by atoms with E-state index in [2.05, 4.69) is 18.4 Å². The molecule has 0 N–H and O–H groups in total. The number of amides is 2. The minimum absolute atomic E-state index is 0.0500. The van der Waals surface area contributed by atoms with Crippen LogP contribution < -0.4 is 0 Å².